The second kappa shape index (κ2) is 7.21. The van der Waals surface area contributed by atoms with Crippen LogP contribution in [0.15, 0.2) is 47.5 Å². The molecule has 0 aliphatic heterocycles. The Morgan fingerprint density at radius 1 is 1.14 bits per heavy atom. The summed E-state index contributed by atoms with van der Waals surface area (Å²) in [7, 11) is 3.09. The molecule has 0 aromatic heterocycles. The van der Waals surface area contributed by atoms with Crippen LogP contribution in [0.4, 0.5) is 5.69 Å². The first-order valence-corrected chi connectivity index (χ1v) is 6.70. The summed E-state index contributed by atoms with van der Waals surface area (Å²) in [6, 6.07) is 12.5. The van der Waals surface area contributed by atoms with Crippen molar-refractivity contribution in [1.82, 2.24) is 0 Å². The summed E-state index contributed by atoms with van der Waals surface area (Å²) in [5.74, 6) is 1.45. The second-order valence-corrected chi connectivity index (χ2v) is 4.53. The van der Waals surface area contributed by atoms with Gasteiger partial charge in [0.1, 0.15) is 5.75 Å². The number of hydrogen-bond donors (Lipinski definition) is 3. The SMILES string of the molecule is COc1ccc(CN=C(N)Nc2ccccc2OC)cc1O. The number of phenolic OH excluding ortho intramolecular Hbond substituents is 1. The number of methoxy groups -OCH3 is 2. The minimum absolute atomic E-state index is 0.0754. The molecule has 6 nitrogen and oxygen atoms in total. The minimum Gasteiger partial charge on any atom is -0.504 e. The van der Waals surface area contributed by atoms with E-state index in [1.807, 2.05) is 30.3 Å². The van der Waals surface area contributed by atoms with E-state index in [4.69, 9.17) is 15.2 Å². The van der Waals surface area contributed by atoms with Gasteiger partial charge in [0.15, 0.2) is 17.5 Å². The van der Waals surface area contributed by atoms with Crippen molar-refractivity contribution in [3.63, 3.8) is 0 Å². The summed E-state index contributed by atoms with van der Waals surface area (Å²) in [4.78, 5) is 4.24. The van der Waals surface area contributed by atoms with Gasteiger partial charge in [0.2, 0.25) is 0 Å². The standard InChI is InChI=1S/C16H19N3O3/c1-21-14-6-4-3-5-12(14)19-16(17)18-10-11-7-8-15(22-2)13(20)9-11/h3-9,20H,10H2,1-2H3,(H3,17,18,19). The van der Waals surface area contributed by atoms with E-state index in [1.165, 1.54) is 7.11 Å². The van der Waals surface area contributed by atoms with Crippen molar-refractivity contribution in [3.8, 4) is 17.2 Å². The molecule has 0 amide bonds. The topological polar surface area (TPSA) is 89.1 Å². The average molecular weight is 301 g/mol. The van der Waals surface area contributed by atoms with Gasteiger partial charge in [0, 0.05) is 0 Å². The smallest absolute Gasteiger partial charge is 0.193 e. The fourth-order valence-electron chi connectivity index (χ4n) is 1.94. The maximum atomic E-state index is 9.72. The molecule has 116 valence electrons. The van der Waals surface area contributed by atoms with Crippen molar-refractivity contribution < 1.29 is 14.6 Å². The molecule has 0 radical (unpaired) electrons. The Kier molecular flexibility index (Phi) is 5.08. The zero-order chi connectivity index (χ0) is 15.9. The van der Waals surface area contributed by atoms with Gasteiger partial charge >= 0.3 is 0 Å². The Bertz CT molecular complexity index is 671. The van der Waals surface area contributed by atoms with Crippen LogP contribution in [-0.4, -0.2) is 25.3 Å². The quantitative estimate of drug-likeness (QED) is 0.582. The first-order valence-electron chi connectivity index (χ1n) is 6.70. The molecule has 0 atom stereocenters. The predicted octanol–water partition coefficient (Wildman–Crippen LogP) is 2.34. The molecule has 22 heavy (non-hydrogen) atoms. The van der Waals surface area contributed by atoms with Crippen molar-refractivity contribution in [2.24, 2.45) is 10.7 Å². The molecule has 0 heterocycles. The number of nitrogens with one attached hydrogen (secondary N) is 1. The summed E-state index contributed by atoms with van der Waals surface area (Å²) in [5, 5.41) is 12.7. The van der Waals surface area contributed by atoms with E-state index in [-0.39, 0.29) is 11.7 Å². The van der Waals surface area contributed by atoms with E-state index in [1.54, 1.807) is 19.2 Å². The molecule has 0 fully saturated rings. The molecule has 0 unspecified atom stereocenters. The Labute approximate surface area is 129 Å². The fourth-order valence-corrected chi connectivity index (χ4v) is 1.94. The number of phenols is 1. The molecule has 2 rings (SSSR count). The number of aromatic hydroxyl groups is 1. The Morgan fingerprint density at radius 2 is 1.86 bits per heavy atom. The highest BCUT2D eigenvalue weighted by Gasteiger charge is 2.04. The van der Waals surface area contributed by atoms with Gasteiger partial charge in [-0.05, 0) is 29.8 Å². The normalized spacial score (nSPS) is 11.1. The van der Waals surface area contributed by atoms with Crippen LogP contribution in [0.1, 0.15) is 5.56 Å². The molecule has 0 spiro atoms. The molecule has 0 bridgehead atoms. The van der Waals surface area contributed by atoms with Crippen LogP contribution in [-0.2, 0) is 6.54 Å². The number of anilines is 1. The number of aliphatic imine (C=N–C) groups is 1. The van der Waals surface area contributed by atoms with Crippen molar-refractivity contribution in [2.45, 2.75) is 6.54 Å². The third-order valence-electron chi connectivity index (χ3n) is 3.04. The number of nitrogens with two attached hydrogens (primary N) is 1. The third-order valence-corrected chi connectivity index (χ3v) is 3.04. The van der Waals surface area contributed by atoms with Crippen LogP contribution >= 0.6 is 0 Å². The van der Waals surface area contributed by atoms with Crippen LogP contribution in [0.2, 0.25) is 0 Å². The van der Waals surface area contributed by atoms with E-state index in [2.05, 4.69) is 10.3 Å². The van der Waals surface area contributed by atoms with Crippen molar-refractivity contribution >= 4 is 11.6 Å². The van der Waals surface area contributed by atoms with Crippen LogP contribution in [0, 0.1) is 0 Å². The van der Waals surface area contributed by atoms with Gasteiger partial charge < -0.3 is 25.6 Å². The van der Waals surface area contributed by atoms with E-state index in [9.17, 15) is 5.11 Å². The number of benzene rings is 2. The average Bonchev–Trinajstić information content (AvgIpc) is 2.53. The first-order chi connectivity index (χ1) is 10.6. The van der Waals surface area contributed by atoms with Crippen molar-refractivity contribution in [1.29, 1.82) is 0 Å². The molecule has 4 N–H and O–H groups in total. The number of hydrogen-bond acceptors (Lipinski definition) is 4. The lowest BCUT2D eigenvalue weighted by Crippen LogP contribution is -2.22. The summed E-state index contributed by atoms with van der Waals surface area (Å²) in [5.41, 5.74) is 7.43. The van der Waals surface area contributed by atoms with Gasteiger partial charge in [-0.3, -0.25) is 0 Å². The summed E-state index contributed by atoms with van der Waals surface area (Å²) in [6.45, 7) is 0.339. The van der Waals surface area contributed by atoms with E-state index < -0.39 is 0 Å². The zero-order valence-electron chi connectivity index (χ0n) is 12.5. The Balaban J connectivity index is 2.05. The van der Waals surface area contributed by atoms with Crippen LogP contribution < -0.4 is 20.5 Å². The van der Waals surface area contributed by atoms with Gasteiger partial charge in [-0.15, -0.1) is 0 Å². The zero-order valence-corrected chi connectivity index (χ0v) is 12.5. The summed E-state index contributed by atoms with van der Waals surface area (Å²) in [6.07, 6.45) is 0. The van der Waals surface area contributed by atoms with Crippen molar-refractivity contribution in [2.75, 3.05) is 19.5 Å². The maximum absolute atomic E-state index is 9.72. The highest BCUT2D eigenvalue weighted by atomic mass is 16.5. The molecule has 0 saturated carbocycles. The number of guanidine groups is 1. The van der Waals surface area contributed by atoms with E-state index in [0.717, 1.165) is 11.3 Å². The van der Waals surface area contributed by atoms with Crippen LogP contribution in [0.5, 0.6) is 17.2 Å². The number of rotatable bonds is 5. The highest BCUT2D eigenvalue weighted by Crippen LogP contribution is 2.26. The van der Waals surface area contributed by atoms with Gasteiger partial charge in [-0.2, -0.15) is 0 Å². The number of para-hydroxylation sites is 2. The lowest BCUT2D eigenvalue weighted by molar-refractivity contribution is 0.373. The van der Waals surface area contributed by atoms with Gasteiger partial charge in [-0.1, -0.05) is 18.2 Å². The van der Waals surface area contributed by atoms with Crippen LogP contribution in [0.3, 0.4) is 0 Å². The summed E-state index contributed by atoms with van der Waals surface area (Å²) >= 11 is 0. The monoisotopic (exact) mass is 301 g/mol. The molecule has 2 aromatic rings. The third kappa shape index (κ3) is 3.82. The molecule has 0 saturated heterocycles. The van der Waals surface area contributed by atoms with Gasteiger partial charge in [0.25, 0.3) is 0 Å². The number of nitrogens with zero attached hydrogens (tertiary/aromatic N) is 1. The second-order valence-electron chi connectivity index (χ2n) is 4.53. The Morgan fingerprint density at radius 3 is 2.55 bits per heavy atom. The highest BCUT2D eigenvalue weighted by molar-refractivity contribution is 5.93. The molecule has 0 aliphatic rings. The lowest BCUT2D eigenvalue weighted by atomic mass is 10.2. The molecular formula is C16H19N3O3. The lowest BCUT2D eigenvalue weighted by Gasteiger charge is -2.10. The first kappa shape index (κ1) is 15.5. The Hall–Kier alpha value is -2.89. The maximum Gasteiger partial charge on any atom is 0.193 e. The molecule has 0 aliphatic carbocycles. The van der Waals surface area contributed by atoms with Crippen LogP contribution in [0.25, 0.3) is 0 Å². The van der Waals surface area contributed by atoms with Crippen molar-refractivity contribution in [3.05, 3.63) is 48.0 Å². The fraction of sp³-hybridized carbons (Fsp3) is 0.188. The summed E-state index contributed by atoms with van der Waals surface area (Å²) < 4.78 is 10.2. The molecule has 6 heteroatoms. The minimum atomic E-state index is 0.0754. The largest absolute Gasteiger partial charge is 0.504 e. The molecular weight excluding hydrogens is 282 g/mol. The van der Waals surface area contributed by atoms with E-state index >= 15 is 0 Å². The number of ether oxygens (including phenoxy) is 2. The molecule has 2 aromatic carbocycles. The van der Waals surface area contributed by atoms with E-state index in [0.29, 0.717) is 18.0 Å². The van der Waals surface area contributed by atoms with Gasteiger partial charge in [-0.25, -0.2) is 4.99 Å². The predicted molar refractivity (Wildman–Crippen MR) is 86.6 cm³/mol. The van der Waals surface area contributed by atoms with Gasteiger partial charge in [0.05, 0.1) is 26.5 Å².